The highest BCUT2D eigenvalue weighted by molar-refractivity contribution is 7.09. The molecule has 0 radical (unpaired) electrons. The van der Waals surface area contributed by atoms with Gasteiger partial charge in [-0.1, -0.05) is 6.07 Å². The van der Waals surface area contributed by atoms with Crippen molar-refractivity contribution in [2.75, 3.05) is 11.1 Å². The second kappa shape index (κ2) is 4.66. The van der Waals surface area contributed by atoms with Gasteiger partial charge in [0.25, 0.3) is 0 Å². The molecule has 0 saturated heterocycles. The average molecular weight is 255 g/mol. The lowest BCUT2D eigenvalue weighted by Crippen LogP contribution is -1.99. The number of hydrogen-bond donors (Lipinski definition) is 2. The van der Waals surface area contributed by atoms with E-state index in [-0.39, 0.29) is 0 Å². The molecule has 3 nitrogen and oxygen atoms in total. The lowest BCUT2D eigenvalue weighted by atomic mass is 10.1. The number of aromatic nitrogens is 1. The highest BCUT2D eigenvalue weighted by Crippen LogP contribution is 2.27. The van der Waals surface area contributed by atoms with Crippen molar-refractivity contribution in [1.29, 1.82) is 0 Å². The van der Waals surface area contributed by atoms with Crippen LogP contribution in [0.25, 0.3) is 10.8 Å². The van der Waals surface area contributed by atoms with Crippen molar-refractivity contribution in [3.63, 3.8) is 0 Å². The van der Waals surface area contributed by atoms with E-state index in [4.69, 9.17) is 5.73 Å². The van der Waals surface area contributed by atoms with E-state index >= 15 is 0 Å². The van der Waals surface area contributed by atoms with E-state index in [1.807, 2.05) is 24.4 Å². The summed E-state index contributed by atoms with van der Waals surface area (Å²) in [7, 11) is 0. The summed E-state index contributed by atoms with van der Waals surface area (Å²) < 4.78 is 0. The standard InChI is InChI=1S/C14H13N3S/c15-13-3-4-14(12-9-16-6-5-11(12)13)17-8-10-2-1-7-18-10/h1-7,9,17H,8,15H2. The Hall–Kier alpha value is -2.07. The molecule has 18 heavy (non-hydrogen) atoms. The summed E-state index contributed by atoms with van der Waals surface area (Å²) in [5, 5.41) is 7.62. The monoisotopic (exact) mass is 255 g/mol. The number of rotatable bonds is 3. The number of anilines is 2. The van der Waals surface area contributed by atoms with Gasteiger partial charge in [0.1, 0.15) is 0 Å². The number of nitrogen functional groups attached to an aromatic ring is 1. The maximum Gasteiger partial charge on any atom is 0.0494 e. The van der Waals surface area contributed by atoms with E-state index in [9.17, 15) is 0 Å². The minimum Gasteiger partial charge on any atom is -0.398 e. The van der Waals surface area contributed by atoms with Crippen LogP contribution in [0.15, 0.2) is 48.1 Å². The summed E-state index contributed by atoms with van der Waals surface area (Å²) >= 11 is 1.75. The molecule has 2 heterocycles. The first-order valence-electron chi connectivity index (χ1n) is 5.73. The minimum atomic E-state index is 0.786. The summed E-state index contributed by atoms with van der Waals surface area (Å²) in [5.41, 5.74) is 7.82. The highest BCUT2D eigenvalue weighted by atomic mass is 32.1. The molecule has 0 aliphatic rings. The van der Waals surface area contributed by atoms with Crippen molar-refractivity contribution in [3.8, 4) is 0 Å². The minimum absolute atomic E-state index is 0.786. The summed E-state index contributed by atoms with van der Waals surface area (Å²) in [6.45, 7) is 0.825. The fourth-order valence-corrected chi connectivity index (χ4v) is 2.61. The van der Waals surface area contributed by atoms with E-state index in [0.29, 0.717) is 0 Å². The first kappa shape index (κ1) is 11.0. The Morgan fingerprint density at radius 3 is 2.94 bits per heavy atom. The van der Waals surface area contributed by atoms with Crippen molar-refractivity contribution in [1.82, 2.24) is 4.98 Å². The van der Waals surface area contributed by atoms with Crippen molar-refractivity contribution in [2.45, 2.75) is 6.54 Å². The number of fused-ring (bicyclic) bond motifs is 1. The van der Waals surface area contributed by atoms with Crippen molar-refractivity contribution < 1.29 is 0 Å². The summed E-state index contributed by atoms with van der Waals surface area (Å²) in [5.74, 6) is 0. The summed E-state index contributed by atoms with van der Waals surface area (Å²) in [4.78, 5) is 5.48. The third-order valence-electron chi connectivity index (χ3n) is 2.88. The fourth-order valence-electron chi connectivity index (χ4n) is 1.96. The van der Waals surface area contributed by atoms with Crippen LogP contribution in [0.4, 0.5) is 11.4 Å². The molecule has 4 heteroatoms. The molecule has 0 amide bonds. The predicted octanol–water partition coefficient (Wildman–Crippen LogP) is 3.49. The maximum absolute atomic E-state index is 5.96. The normalized spacial score (nSPS) is 10.7. The maximum atomic E-state index is 5.96. The molecule has 0 spiro atoms. The van der Waals surface area contributed by atoms with Gasteiger partial charge in [-0.3, -0.25) is 4.98 Å². The molecule has 1 aromatic carbocycles. The number of benzene rings is 1. The molecule has 0 aliphatic carbocycles. The van der Waals surface area contributed by atoms with Crippen LogP contribution in [-0.2, 0) is 6.54 Å². The smallest absolute Gasteiger partial charge is 0.0494 e. The van der Waals surface area contributed by atoms with Gasteiger partial charge >= 0.3 is 0 Å². The van der Waals surface area contributed by atoms with Gasteiger partial charge in [-0.25, -0.2) is 0 Å². The Morgan fingerprint density at radius 2 is 2.11 bits per heavy atom. The largest absolute Gasteiger partial charge is 0.398 e. The van der Waals surface area contributed by atoms with Crippen LogP contribution in [0.1, 0.15) is 4.88 Å². The molecule has 3 aromatic rings. The van der Waals surface area contributed by atoms with Gasteiger partial charge in [-0.2, -0.15) is 0 Å². The number of nitrogens with one attached hydrogen (secondary N) is 1. The lowest BCUT2D eigenvalue weighted by Gasteiger charge is -2.10. The molecular weight excluding hydrogens is 242 g/mol. The van der Waals surface area contributed by atoms with Crippen molar-refractivity contribution >= 4 is 33.5 Å². The number of nitrogens with zero attached hydrogens (tertiary/aromatic N) is 1. The van der Waals surface area contributed by atoms with E-state index in [1.54, 1.807) is 17.5 Å². The number of thiophene rings is 1. The molecule has 3 rings (SSSR count). The van der Waals surface area contributed by atoms with Crippen molar-refractivity contribution in [3.05, 3.63) is 53.0 Å². The summed E-state index contributed by atoms with van der Waals surface area (Å²) in [6.07, 6.45) is 3.62. The van der Waals surface area contributed by atoms with Crippen LogP contribution in [0.3, 0.4) is 0 Å². The van der Waals surface area contributed by atoms with Gasteiger partial charge in [0, 0.05) is 46.0 Å². The van der Waals surface area contributed by atoms with E-state index in [1.165, 1.54) is 4.88 Å². The molecule has 2 aromatic heterocycles. The third kappa shape index (κ3) is 2.02. The third-order valence-corrected chi connectivity index (χ3v) is 3.76. The SMILES string of the molecule is Nc1ccc(NCc2cccs2)c2cnccc12. The zero-order chi connectivity index (χ0) is 12.4. The van der Waals surface area contributed by atoms with Gasteiger partial charge < -0.3 is 11.1 Å². The number of hydrogen-bond acceptors (Lipinski definition) is 4. The van der Waals surface area contributed by atoms with Crippen molar-refractivity contribution in [2.24, 2.45) is 0 Å². The summed E-state index contributed by atoms with van der Waals surface area (Å²) in [6, 6.07) is 10.1. The van der Waals surface area contributed by atoms with Crippen LogP contribution in [0, 0.1) is 0 Å². The van der Waals surface area contributed by atoms with Crippen LogP contribution in [0.5, 0.6) is 0 Å². The Balaban J connectivity index is 1.94. The Labute approximate surface area is 109 Å². The molecule has 0 aliphatic heterocycles. The second-order valence-corrected chi connectivity index (χ2v) is 5.09. The fraction of sp³-hybridized carbons (Fsp3) is 0.0714. The van der Waals surface area contributed by atoms with E-state index in [0.717, 1.165) is 28.7 Å². The Morgan fingerprint density at radius 1 is 1.17 bits per heavy atom. The molecule has 0 atom stereocenters. The second-order valence-electron chi connectivity index (χ2n) is 4.06. The molecular formula is C14H13N3S. The zero-order valence-corrected chi connectivity index (χ0v) is 10.6. The quantitative estimate of drug-likeness (QED) is 0.704. The van der Waals surface area contributed by atoms with Gasteiger partial charge in [0.2, 0.25) is 0 Å². The topological polar surface area (TPSA) is 50.9 Å². The highest BCUT2D eigenvalue weighted by Gasteiger charge is 2.04. The van der Waals surface area contributed by atoms with Gasteiger partial charge in [0.05, 0.1) is 0 Å². The Kier molecular flexibility index (Phi) is 2.86. The molecule has 90 valence electrons. The van der Waals surface area contributed by atoms with E-state index in [2.05, 4.69) is 27.8 Å². The van der Waals surface area contributed by atoms with Gasteiger partial charge in [-0.05, 0) is 29.6 Å². The Bertz CT molecular complexity index is 662. The first-order chi connectivity index (χ1) is 8.84. The molecule has 3 N–H and O–H groups in total. The van der Waals surface area contributed by atoms with E-state index < -0.39 is 0 Å². The van der Waals surface area contributed by atoms with Gasteiger partial charge in [0.15, 0.2) is 0 Å². The van der Waals surface area contributed by atoms with Crippen LogP contribution in [-0.4, -0.2) is 4.98 Å². The van der Waals surface area contributed by atoms with Gasteiger partial charge in [-0.15, -0.1) is 11.3 Å². The van der Waals surface area contributed by atoms with Crippen LogP contribution in [0.2, 0.25) is 0 Å². The first-order valence-corrected chi connectivity index (χ1v) is 6.61. The predicted molar refractivity (Wildman–Crippen MR) is 77.8 cm³/mol. The van der Waals surface area contributed by atoms with Crippen LogP contribution >= 0.6 is 11.3 Å². The molecule has 0 unspecified atom stereocenters. The lowest BCUT2D eigenvalue weighted by molar-refractivity contribution is 1.20. The number of nitrogens with two attached hydrogens (primary N) is 1. The number of pyridine rings is 1. The average Bonchev–Trinajstić information content (AvgIpc) is 2.92. The molecule has 0 saturated carbocycles. The van der Waals surface area contributed by atoms with Crippen LogP contribution < -0.4 is 11.1 Å². The molecule has 0 bridgehead atoms. The molecule has 0 fully saturated rings. The zero-order valence-electron chi connectivity index (χ0n) is 9.76.